The van der Waals surface area contributed by atoms with Gasteiger partial charge in [0.2, 0.25) is 0 Å². The summed E-state index contributed by atoms with van der Waals surface area (Å²) in [5.41, 5.74) is 0.0168. The summed E-state index contributed by atoms with van der Waals surface area (Å²) in [5.74, 6) is -1.40. The molecule has 0 bridgehead atoms. The summed E-state index contributed by atoms with van der Waals surface area (Å²) in [4.78, 5) is 42.0. The predicted octanol–water partition coefficient (Wildman–Crippen LogP) is -1.60. The van der Waals surface area contributed by atoms with Gasteiger partial charge >= 0.3 is 63.3 Å². The van der Waals surface area contributed by atoms with Crippen LogP contribution in [0, 0.1) is 6.92 Å². The topological polar surface area (TPSA) is 109 Å². The fourth-order valence-corrected chi connectivity index (χ4v) is 4.12. The van der Waals surface area contributed by atoms with Gasteiger partial charge in [0.1, 0.15) is 15.0 Å². The van der Waals surface area contributed by atoms with Crippen molar-refractivity contribution >= 4 is 45.3 Å². The Morgan fingerprint density at radius 1 is 1.50 bits per heavy atom. The third-order valence-electron chi connectivity index (χ3n) is 3.11. The van der Waals surface area contributed by atoms with E-state index in [2.05, 4.69) is 9.97 Å². The Labute approximate surface area is 175 Å². The average molecular weight is 365 g/mol. The maximum atomic E-state index is 12.1. The van der Waals surface area contributed by atoms with Crippen LogP contribution < -0.4 is 56.9 Å². The van der Waals surface area contributed by atoms with Crippen LogP contribution in [0.4, 0.5) is 0 Å². The number of nitrogens with one attached hydrogen (secondary N) is 1. The molecule has 3 heterocycles. The van der Waals surface area contributed by atoms with Crippen LogP contribution in [0.25, 0.3) is 10.2 Å². The Balaban J connectivity index is 0.00000176. The number of carboxylic acid groups (broad SMARTS) is 1. The summed E-state index contributed by atoms with van der Waals surface area (Å²) in [7, 11) is 0. The molecule has 0 amide bonds. The molecule has 1 fully saturated rings. The molecule has 1 atom stereocenters. The number of ether oxygens (including phenoxy) is 1. The van der Waals surface area contributed by atoms with Gasteiger partial charge in [0.25, 0.3) is 5.56 Å². The number of thiophene rings is 1. The minimum atomic E-state index is -1.08. The zero-order valence-electron chi connectivity index (χ0n) is 11.8. The third-order valence-corrected chi connectivity index (χ3v) is 5.42. The summed E-state index contributed by atoms with van der Waals surface area (Å²) in [5, 5.41) is 9.30. The second-order valence-electron chi connectivity index (χ2n) is 4.48. The van der Waals surface area contributed by atoms with Gasteiger partial charge in [0.15, 0.2) is 5.16 Å². The number of rotatable bonds is 3. The maximum absolute atomic E-state index is 12.1. The van der Waals surface area contributed by atoms with E-state index in [0.717, 1.165) is 23.1 Å². The van der Waals surface area contributed by atoms with Crippen LogP contribution in [0.5, 0.6) is 0 Å². The number of H-pyrrole nitrogens is 1. The van der Waals surface area contributed by atoms with E-state index < -0.39 is 11.5 Å². The number of cyclic esters (lactones) is 1. The molecule has 0 saturated carbocycles. The van der Waals surface area contributed by atoms with Crippen molar-refractivity contribution in [3.8, 4) is 0 Å². The second kappa shape index (κ2) is 7.12. The van der Waals surface area contributed by atoms with Crippen LogP contribution in [-0.4, -0.2) is 38.9 Å². The zero-order chi connectivity index (χ0) is 15.1. The number of fused-ring (bicyclic) bond motifs is 1. The van der Waals surface area contributed by atoms with Gasteiger partial charge in [-0.15, -0.1) is 11.3 Å². The SMILES string of the molecule is Cc1c(C(=O)O)sc2nc(SC3CCOC3=O)[nH]c(=O)c12.[K+]. The first kappa shape index (κ1) is 18.1. The predicted molar refractivity (Wildman–Crippen MR) is 77.2 cm³/mol. The average Bonchev–Trinajstić information content (AvgIpc) is 2.95. The second-order valence-corrected chi connectivity index (χ2v) is 6.67. The number of aromatic nitrogens is 2. The minimum Gasteiger partial charge on any atom is -0.477 e. The standard InChI is InChI=1S/C12H10N2O5S2.K/c1-4-6-8(15)13-12(20-5-2-3-19-11(5)18)14-9(6)21-7(4)10(16)17;/h5H,2-3H2,1H3,(H,16,17)(H,13,14,15);/q;+1. The molecule has 0 spiro atoms. The minimum absolute atomic E-state index is 0. The van der Waals surface area contributed by atoms with Crippen molar-refractivity contribution in [3.05, 3.63) is 20.8 Å². The van der Waals surface area contributed by atoms with Gasteiger partial charge in [-0.3, -0.25) is 9.59 Å². The molecule has 0 aromatic carbocycles. The molecule has 2 aromatic heterocycles. The molecule has 1 aliphatic heterocycles. The molecule has 1 aliphatic rings. The van der Waals surface area contributed by atoms with Gasteiger partial charge in [-0.25, -0.2) is 9.78 Å². The maximum Gasteiger partial charge on any atom is 1.00 e. The van der Waals surface area contributed by atoms with E-state index in [1.54, 1.807) is 6.92 Å². The quantitative estimate of drug-likeness (QED) is 0.383. The summed E-state index contributed by atoms with van der Waals surface area (Å²) in [6.07, 6.45) is 0.565. The number of hydrogen-bond acceptors (Lipinski definition) is 7. The Morgan fingerprint density at radius 2 is 2.23 bits per heavy atom. The van der Waals surface area contributed by atoms with Crippen LogP contribution in [0.15, 0.2) is 9.95 Å². The number of thioether (sulfide) groups is 1. The Kier molecular flexibility index (Phi) is 5.86. The molecule has 2 aromatic rings. The normalized spacial score (nSPS) is 17.3. The van der Waals surface area contributed by atoms with Crippen LogP contribution >= 0.6 is 23.1 Å². The van der Waals surface area contributed by atoms with E-state index in [4.69, 9.17) is 9.84 Å². The van der Waals surface area contributed by atoms with Crippen molar-refractivity contribution in [2.24, 2.45) is 0 Å². The van der Waals surface area contributed by atoms with Gasteiger partial charge in [-0.2, -0.15) is 0 Å². The molecule has 3 rings (SSSR count). The van der Waals surface area contributed by atoms with Gasteiger partial charge < -0.3 is 14.8 Å². The number of aryl methyl sites for hydroxylation is 1. The molecule has 2 N–H and O–H groups in total. The number of carbonyl (C=O) groups excluding carboxylic acids is 1. The first-order valence-corrected chi connectivity index (χ1v) is 7.77. The molecule has 110 valence electrons. The van der Waals surface area contributed by atoms with E-state index in [0.29, 0.717) is 28.6 Å². The number of hydrogen-bond donors (Lipinski definition) is 2. The Hall–Kier alpha value is -0.234. The zero-order valence-corrected chi connectivity index (χ0v) is 16.6. The molecule has 10 heteroatoms. The van der Waals surface area contributed by atoms with Crippen molar-refractivity contribution in [2.75, 3.05) is 6.61 Å². The monoisotopic (exact) mass is 365 g/mol. The van der Waals surface area contributed by atoms with Gasteiger partial charge in [-0.1, -0.05) is 11.8 Å². The first-order valence-electron chi connectivity index (χ1n) is 6.07. The van der Waals surface area contributed by atoms with Gasteiger partial charge in [0, 0.05) is 6.42 Å². The van der Waals surface area contributed by atoms with Crippen molar-refractivity contribution in [2.45, 2.75) is 23.8 Å². The summed E-state index contributed by atoms with van der Waals surface area (Å²) < 4.78 is 4.86. The number of esters is 1. The van der Waals surface area contributed by atoms with Crippen LogP contribution in [-0.2, 0) is 9.53 Å². The van der Waals surface area contributed by atoms with Crippen molar-refractivity contribution in [3.63, 3.8) is 0 Å². The number of carbonyl (C=O) groups is 2. The number of carboxylic acids is 1. The van der Waals surface area contributed by atoms with Crippen molar-refractivity contribution < 1.29 is 70.8 Å². The van der Waals surface area contributed by atoms with E-state index in [9.17, 15) is 14.4 Å². The van der Waals surface area contributed by atoms with Crippen LogP contribution in [0.3, 0.4) is 0 Å². The molecular formula is C12H10KN2O5S2+. The number of nitrogens with zero attached hydrogens (tertiary/aromatic N) is 1. The largest absolute Gasteiger partial charge is 1.00 e. The summed E-state index contributed by atoms with van der Waals surface area (Å²) in [6.45, 7) is 1.95. The van der Waals surface area contributed by atoms with Crippen molar-refractivity contribution in [1.82, 2.24) is 9.97 Å². The van der Waals surface area contributed by atoms with E-state index in [1.165, 1.54) is 0 Å². The van der Waals surface area contributed by atoms with E-state index >= 15 is 0 Å². The Morgan fingerprint density at radius 3 is 2.82 bits per heavy atom. The van der Waals surface area contributed by atoms with Gasteiger partial charge in [0.05, 0.1) is 12.0 Å². The molecule has 0 radical (unpaired) electrons. The van der Waals surface area contributed by atoms with E-state index in [1.807, 2.05) is 0 Å². The number of aromatic amines is 1. The Bertz CT molecular complexity index is 816. The smallest absolute Gasteiger partial charge is 0.477 e. The molecule has 7 nitrogen and oxygen atoms in total. The van der Waals surface area contributed by atoms with Crippen LogP contribution in [0.1, 0.15) is 21.7 Å². The third kappa shape index (κ3) is 3.32. The summed E-state index contributed by atoms with van der Waals surface area (Å²) in [6, 6.07) is 0. The molecule has 1 unspecified atom stereocenters. The molecule has 0 aliphatic carbocycles. The van der Waals surface area contributed by atoms with Crippen LogP contribution in [0.2, 0.25) is 0 Å². The fraction of sp³-hybridized carbons (Fsp3) is 0.333. The molecule has 1 saturated heterocycles. The first-order chi connectivity index (χ1) is 9.97. The fourth-order valence-electron chi connectivity index (χ4n) is 2.10. The number of aromatic carboxylic acids is 1. The van der Waals surface area contributed by atoms with Gasteiger partial charge in [-0.05, 0) is 12.5 Å². The van der Waals surface area contributed by atoms with E-state index in [-0.39, 0.29) is 72.9 Å². The molecular weight excluding hydrogens is 355 g/mol. The summed E-state index contributed by atoms with van der Waals surface area (Å²) >= 11 is 2.09. The molecule has 22 heavy (non-hydrogen) atoms. The van der Waals surface area contributed by atoms with Crippen molar-refractivity contribution in [1.29, 1.82) is 0 Å².